The van der Waals surface area contributed by atoms with Crippen LogP contribution in [0.4, 0.5) is 5.69 Å². The van der Waals surface area contributed by atoms with Crippen LogP contribution in [0.15, 0.2) is 85.2 Å². The van der Waals surface area contributed by atoms with Crippen LogP contribution in [0.2, 0.25) is 0 Å². The van der Waals surface area contributed by atoms with Crippen molar-refractivity contribution in [1.29, 1.82) is 0 Å². The minimum Gasteiger partial charge on any atom is -0.478 e. The van der Waals surface area contributed by atoms with Gasteiger partial charge in [0, 0.05) is 18.1 Å². The average Bonchev–Trinajstić information content (AvgIpc) is 2.66. The molecule has 0 radical (unpaired) electrons. The fourth-order valence-corrected chi connectivity index (χ4v) is 2.97. The quantitative estimate of drug-likeness (QED) is 0.690. The first-order valence-corrected chi connectivity index (χ1v) is 7.84. The molecule has 3 aromatic rings. The number of carbonyl (C=O) groups excluding carboxylic acids is 1. The highest BCUT2D eigenvalue weighted by Gasteiger charge is 2.51. The van der Waals surface area contributed by atoms with Crippen molar-refractivity contribution >= 4 is 11.6 Å². The summed E-state index contributed by atoms with van der Waals surface area (Å²) in [5.74, 6) is 0.649. The van der Waals surface area contributed by atoms with Gasteiger partial charge in [-0.1, -0.05) is 42.5 Å². The van der Waals surface area contributed by atoms with E-state index in [2.05, 4.69) is 4.98 Å². The Balaban J connectivity index is 1.68. The number of anilines is 1. The van der Waals surface area contributed by atoms with Gasteiger partial charge in [-0.3, -0.25) is 14.7 Å². The molecule has 1 aromatic heterocycles. The monoisotopic (exact) mass is 316 g/mol. The number of hydrogen-bond donors (Lipinski definition) is 0. The van der Waals surface area contributed by atoms with E-state index in [1.54, 1.807) is 17.3 Å². The normalized spacial score (nSPS) is 19.7. The van der Waals surface area contributed by atoms with E-state index in [-0.39, 0.29) is 11.9 Å². The van der Waals surface area contributed by atoms with Gasteiger partial charge in [-0.15, -0.1) is 0 Å². The van der Waals surface area contributed by atoms with Crippen LogP contribution in [0.25, 0.3) is 0 Å². The van der Waals surface area contributed by atoms with Crippen LogP contribution in [0.1, 0.15) is 11.6 Å². The number of pyridine rings is 1. The number of ether oxygens (including phenoxy) is 1. The van der Waals surface area contributed by atoms with Crippen LogP contribution in [-0.2, 0) is 4.79 Å². The van der Waals surface area contributed by atoms with E-state index >= 15 is 0 Å². The molecular formula is C20H16N2O2. The van der Waals surface area contributed by atoms with Crippen LogP contribution in [-0.4, -0.2) is 17.0 Å². The summed E-state index contributed by atoms with van der Waals surface area (Å²) in [6.45, 7) is 0. The van der Waals surface area contributed by atoms with E-state index in [1.807, 2.05) is 72.8 Å². The highest BCUT2D eigenvalue weighted by molar-refractivity contribution is 6.05. The van der Waals surface area contributed by atoms with Gasteiger partial charge in [-0.25, -0.2) is 0 Å². The predicted octanol–water partition coefficient (Wildman–Crippen LogP) is 3.62. The summed E-state index contributed by atoms with van der Waals surface area (Å²) in [5.41, 5.74) is 1.83. The van der Waals surface area contributed by atoms with Crippen LogP contribution >= 0.6 is 0 Å². The van der Waals surface area contributed by atoms with Gasteiger partial charge >= 0.3 is 0 Å². The molecule has 1 saturated heterocycles. The SMILES string of the molecule is O=C1[C@@H](Oc2ccccc2)[C@H](c2cccnc2)N1c1ccccc1. The van der Waals surface area contributed by atoms with Crippen molar-refractivity contribution in [3.05, 3.63) is 90.8 Å². The minimum atomic E-state index is -0.545. The standard InChI is InChI=1S/C20H16N2O2/c23-20-19(24-17-11-5-2-6-12-17)18(15-8-7-13-21-14-15)22(20)16-9-3-1-4-10-16/h1-14,18-19H/t18-,19-/m0/s1. The molecule has 1 aliphatic heterocycles. The molecule has 1 fully saturated rings. The zero-order valence-electron chi connectivity index (χ0n) is 12.9. The molecule has 2 aromatic carbocycles. The second kappa shape index (κ2) is 6.16. The second-order valence-electron chi connectivity index (χ2n) is 5.63. The largest absolute Gasteiger partial charge is 0.478 e. The third kappa shape index (κ3) is 2.52. The Morgan fingerprint density at radius 1 is 0.875 bits per heavy atom. The molecule has 4 nitrogen and oxygen atoms in total. The summed E-state index contributed by atoms with van der Waals surface area (Å²) in [6.07, 6.45) is 2.97. The van der Waals surface area contributed by atoms with Crippen molar-refractivity contribution in [2.75, 3.05) is 4.90 Å². The summed E-state index contributed by atoms with van der Waals surface area (Å²) in [7, 11) is 0. The first kappa shape index (κ1) is 14.5. The Kier molecular flexibility index (Phi) is 3.71. The summed E-state index contributed by atoms with van der Waals surface area (Å²) in [6, 6.07) is 22.7. The minimum absolute atomic E-state index is 0.0427. The van der Waals surface area contributed by atoms with Crippen LogP contribution in [0, 0.1) is 0 Å². The van der Waals surface area contributed by atoms with Gasteiger partial charge in [-0.05, 0) is 35.9 Å². The predicted molar refractivity (Wildman–Crippen MR) is 91.8 cm³/mol. The van der Waals surface area contributed by atoms with Gasteiger partial charge in [0.2, 0.25) is 6.10 Å². The van der Waals surface area contributed by atoms with Crippen molar-refractivity contribution in [2.24, 2.45) is 0 Å². The van der Waals surface area contributed by atoms with E-state index < -0.39 is 6.10 Å². The molecular weight excluding hydrogens is 300 g/mol. The average molecular weight is 316 g/mol. The molecule has 4 heteroatoms. The number of aromatic nitrogens is 1. The Labute approximate surface area is 140 Å². The van der Waals surface area contributed by atoms with Crippen LogP contribution < -0.4 is 9.64 Å². The van der Waals surface area contributed by atoms with Crippen molar-refractivity contribution in [3.63, 3.8) is 0 Å². The summed E-state index contributed by atoms with van der Waals surface area (Å²) < 4.78 is 5.96. The molecule has 2 heterocycles. The zero-order chi connectivity index (χ0) is 16.4. The number of benzene rings is 2. The van der Waals surface area contributed by atoms with Gasteiger partial charge in [-0.2, -0.15) is 0 Å². The molecule has 0 unspecified atom stereocenters. The molecule has 0 spiro atoms. The zero-order valence-corrected chi connectivity index (χ0v) is 12.9. The highest BCUT2D eigenvalue weighted by atomic mass is 16.5. The number of hydrogen-bond acceptors (Lipinski definition) is 3. The van der Waals surface area contributed by atoms with Crippen LogP contribution in [0.3, 0.4) is 0 Å². The lowest BCUT2D eigenvalue weighted by Gasteiger charge is -2.46. The number of nitrogens with zero attached hydrogens (tertiary/aromatic N) is 2. The molecule has 118 valence electrons. The first-order chi connectivity index (χ1) is 11.8. The first-order valence-electron chi connectivity index (χ1n) is 7.84. The van der Waals surface area contributed by atoms with Crippen molar-refractivity contribution in [1.82, 2.24) is 4.98 Å². The molecule has 0 aliphatic carbocycles. The Morgan fingerprint density at radius 2 is 1.58 bits per heavy atom. The molecule has 0 bridgehead atoms. The number of amides is 1. The number of para-hydroxylation sites is 2. The van der Waals surface area contributed by atoms with Crippen molar-refractivity contribution < 1.29 is 9.53 Å². The lowest BCUT2D eigenvalue weighted by Crippen LogP contribution is -2.61. The Bertz CT molecular complexity index is 822. The maximum absolute atomic E-state index is 12.7. The van der Waals surface area contributed by atoms with E-state index in [9.17, 15) is 4.79 Å². The number of β-lactam (4-membered cyclic amide) rings is 1. The molecule has 24 heavy (non-hydrogen) atoms. The van der Waals surface area contributed by atoms with Gasteiger partial charge in [0.1, 0.15) is 11.8 Å². The molecule has 0 N–H and O–H groups in total. The summed E-state index contributed by atoms with van der Waals surface area (Å²) >= 11 is 0. The van der Waals surface area contributed by atoms with E-state index in [0.717, 1.165) is 11.3 Å². The lowest BCUT2D eigenvalue weighted by atomic mass is 9.90. The molecule has 1 amide bonds. The van der Waals surface area contributed by atoms with E-state index in [1.165, 1.54) is 0 Å². The molecule has 2 atom stereocenters. The van der Waals surface area contributed by atoms with Crippen molar-refractivity contribution in [3.8, 4) is 5.75 Å². The fourth-order valence-electron chi connectivity index (χ4n) is 2.97. The highest BCUT2D eigenvalue weighted by Crippen LogP contribution is 2.40. The van der Waals surface area contributed by atoms with Gasteiger partial charge in [0.05, 0.1) is 0 Å². The maximum Gasteiger partial charge on any atom is 0.271 e. The van der Waals surface area contributed by atoms with Crippen LogP contribution in [0.5, 0.6) is 5.75 Å². The maximum atomic E-state index is 12.7. The van der Waals surface area contributed by atoms with Gasteiger partial charge < -0.3 is 4.74 Å². The Hall–Kier alpha value is -3.14. The fraction of sp³-hybridized carbons (Fsp3) is 0.100. The number of rotatable bonds is 4. The smallest absolute Gasteiger partial charge is 0.271 e. The molecule has 4 rings (SSSR count). The number of carbonyl (C=O) groups is 1. The van der Waals surface area contributed by atoms with Gasteiger partial charge in [0.15, 0.2) is 0 Å². The molecule has 1 aliphatic rings. The third-order valence-electron chi connectivity index (χ3n) is 4.11. The van der Waals surface area contributed by atoms with Gasteiger partial charge in [0.25, 0.3) is 5.91 Å². The second-order valence-corrected chi connectivity index (χ2v) is 5.63. The topological polar surface area (TPSA) is 42.4 Å². The summed E-state index contributed by atoms with van der Waals surface area (Å²) in [4.78, 5) is 18.7. The third-order valence-corrected chi connectivity index (χ3v) is 4.11. The van der Waals surface area contributed by atoms with E-state index in [4.69, 9.17) is 4.74 Å². The summed E-state index contributed by atoms with van der Waals surface area (Å²) in [5, 5.41) is 0. The molecule has 0 saturated carbocycles. The Morgan fingerprint density at radius 3 is 2.25 bits per heavy atom. The van der Waals surface area contributed by atoms with Crippen molar-refractivity contribution in [2.45, 2.75) is 12.1 Å². The van der Waals surface area contributed by atoms with E-state index in [0.29, 0.717) is 5.75 Å². The lowest BCUT2D eigenvalue weighted by molar-refractivity contribution is -0.135.